The van der Waals surface area contributed by atoms with E-state index in [-0.39, 0.29) is 0 Å². The highest BCUT2D eigenvalue weighted by Crippen LogP contribution is 2.47. The fraction of sp³-hybridized carbons (Fsp3) is 0. The number of hydrogen-bond acceptors (Lipinski definition) is 4. The van der Waals surface area contributed by atoms with E-state index in [1.807, 2.05) is 72.8 Å². The number of rotatable bonds is 4. The van der Waals surface area contributed by atoms with Crippen LogP contribution in [0.1, 0.15) is 0 Å². The third-order valence-electron chi connectivity index (χ3n) is 11.0. The zero-order valence-corrected chi connectivity index (χ0v) is 28.9. The van der Waals surface area contributed by atoms with Gasteiger partial charge in [-0.3, -0.25) is 0 Å². The largest absolute Gasteiger partial charge is 0.455 e. The molecule has 0 aliphatic heterocycles. The Kier molecular flexibility index (Phi) is 5.99. The minimum absolute atomic E-state index is 0.561. The summed E-state index contributed by atoms with van der Waals surface area (Å²) in [6.45, 7) is 0. The molecule has 54 heavy (non-hydrogen) atoms. The molecule has 0 saturated heterocycles. The number of furan rings is 1. The Labute approximate surface area is 308 Å². The molecule has 12 rings (SSSR count). The number of aromatic nitrogens is 4. The third kappa shape index (κ3) is 4.06. The van der Waals surface area contributed by atoms with Crippen LogP contribution >= 0.6 is 0 Å². The van der Waals surface area contributed by atoms with E-state index < -0.39 is 0 Å². The van der Waals surface area contributed by atoms with Crippen LogP contribution in [0.4, 0.5) is 0 Å². The summed E-state index contributed by atoms with van der Waals surface area (Å²) in [7, 11) is 0. The lowest BCUT2D eigenvalue weighted by Crippen LogP contribution is -2.01. The minimum Gasteiger partial charge on any atom is -0.455 e. The maximum atomic E-state index is 6.84. The van der Waals surface area contributed by atoms with Gasteiger partial charge in [0.1, 0.15) is 11.2 Å². The van der Waals surface area contributed by atoms with Crippen LogP contribution < -0.4 is 0 Å². The summed E-state index contributed by atoms with van der Waals surface area (Å²) in [4.78, 5) is 15.2. The molecule has 0 aliphatic carbocycles. The van der Waals surface area contributed by atoms with Crippen molar-refractivity contribution in [3.05, 3.63) is 170 Å². The molecule has 0 radical (unpaired) electrons. The molecular formula is C49H28N4O. The van der Waals surface area contributed by atoms with Gasteiger partial charge in [0.15, 0.2) is 17.5 Å². The van der Waals surface area contributed by atoms with Gasteiger partial charge >= 0.3 is 0 Å². The average Bonchev–Trinajstić information content (AvgIpc) is 3.80. The van der Waals surface area contributed by atoms with Crippen LogP contribution in [0.15, 0.2) is 174 Å². The Bertz CT molecular complexity index is 3380. The van der Waals surface area contributed by atoms with Gasteiger partial charge in [-0.15, -0.1) is 0 Å². The van der Waals surface area contributed by atoms with Crippen molar-refractivity contribution in [3.8, 4) is 39.9 Å². The second kappa shape index (κ2) is 11.1. The molecule has 3 aromatic heterocycles. The van der Waals surface area contributed by atoms with Crippen molar-refractivity contribution in [2.75, 3.05) is 0 Å². The summed E-state index contributed by atoms with van der Waals surface area (Å²) >= 11 is 0. The lowest BCUT2D eigenvalue weighted by Gasteiger charge is -2.12. The smallest absolute Gasteiger partial charge is 0.167 e. The van der Waals surface area contributed by atoms with Crippen LogP contribution in [0.2, 0.25) is 0 Å². The Morgan fingerprint density at radius 3 is 1.69 bits per heavy atom. The van der Waals surface area contributed by atoms with Crippen molar-refractivity contribution < 1.29 is 4.42 Å². The number of fused-ring (bicyclic) bond motifs is 8. The van der Waals surface area contributed by atoms with E-state index in [2.05, 4.69) is 102 Å². The summed E-state index contributed by atoms with van der Waals surface area (Å²) in [5.74, 6) is 1.78. The second-order valence-corrected chi connectivity index (χ2v) is 13.9. The van der Waals surface area contributed by atoms with E-state index in [1.54, 1.807) is 0 Å². The van der Waals surface area contributed by atoms with E-state index in [1.165, 1.54) is 43.1 Å². The molecule has 9 aromatic carbocycles. The highest BCUT2D eigenvalue weighted by molar-refractivity contribution is 6.38. The molecule has 0 spiro atoms. The second-order valence-electron chi connectivity index (χ2n) is 13.9. The molecule has 5 heteroatoms. The Balaban J connectivity index is 1.19. The normalized spacial score (nSPS) is 12.1. The van der Waals surface area contributed by atoms with Crippen molar-refractivity contribution in [3.63, 3.8) is 0 Å². The number of hydrogen-bond donors (Lipinski definition) is 0. The van der Waals surface area contributed by atoms with Crippen molar-refractivity contribution in [2.24, 2.45) is 0 Å². The van der Waals surface area contributed by atoms with Crippen LogP contribution in [0.5, 0.6) is 0 Å². The molecule has 0 amide bonds. The first kappa shape index (κ1) is 29.2. The summed E-state index contributed by atoms with van der Waals surface area (Å²) in [6.07, 6.45) is 0. The first-order chi connectivity index (χ1) is 26.8. The highest BCUT2D eigenvalue weighted by Gasteiger charge is 2.25. The van der Waals surface area contributed by atoms with Gasteiger partial charge in [-0.1, -0.05) is 140 Å². The number of para-hydroxylation sites is 1. The standard InChI is InChI=1S/C49H28N4O/c1-3-14-30(15-4-1)47-50-48(31-16-5-2-6-17-31)52-49(51-47)37-27-28-40(45-35-19-9-10-24-41(35)54-46(37)45)53-38-22-11-20-33-34-26-25-29-13-7-8-18-32(29)42(34)36-21-12-23-39(53)44(36)43(33)38/h1-28H. The van der Waals surface area contributed by atoms with E-state index >= 15 is 0 Å². The Hall–Kier alpha value is -7.37. The Morgan fingerprint density at radius 1 is 0.370 bits per heavy atom. The summed E-state index contributed by atoms with van der Waals surface area (Å²) in [6, 6.07) is 59.5. The zero-order valence-electron chi connectivity index (χ0n) is 28.9. The average molecular weight is 689 g/mol. The lowest BCUT2D eigenvalue weighted by molar-refractivity contribution is 0.669. The quantitative estimate of drug-likeness (QED) is 0.173. The van der Waals surface area contributed by atoms with Gasteiger partial charge in [0, 0.05) is 27.3 Å². The van der Waals surface area contributed by atoms with Crippen molar-refractivity contribution >= 4 is 76.1 Å². The molecule has 0 N–H and O–H groups in total. The Morgan fingerprint density at radius 2 is 0.944 bits per heavy atom. The van der Waals surface area contributed by atoms with Gasteiger partial charge in [-0.2, -0.15) is 0 Å². The van der Waals surface area contributed by atoms with E-state index in [9.17, 15) is 0 Å². The summed E-state index contributed by atoms with van der Waals surface area (Å²) in [5, 5.41) is 12.2. The lowest BCUT2D eigenvalue weighted by atomic mass is 9.91. The van der Waals surface area contributed by atoms with Gasteiger partial charge in [0.25, 0.3) is 0 Å². The first-order valence-electron chi connectivity index (χ1n) is 18.2. The van der Waals surface area contributed by atoms with Crippen LogP contribution in [0.25, 0.3) is 116 Å². The van der Waals surface area contributed by atoms with Crippen molar-refractivity contribution in [1.82, 2.24) is 19.5 Å². The van der Waals surface area contributed by atoms with Crippen molar-refractivity contribution in [2.45, 2.75) is 0 Å². The predicted octanol–water partition coefficient (Wildman–Crippen LogP) is 12.8. The molecule has 0 atom stereocenters. The van der Waals surface area contributed by atoms with Gasteiger partial charge in [-0.05, 0) is 62.6 Å². The predicted molar refractivity (Wildman–Crippen MR) is 221 cm³/mol. The van der Waals surface area contributed by atoms with Crippen LogP contribution in [0.3, 0.4) is 0 Å². The van der Waals surface area contributed by atoms with Crippen molar-refractivity contribution in [1.29, 1.82) is 0 Å². The number of benzene rings is 9. The van der Waals surface area contributed by atoms with Crippen LogP contribution in [0, 0.1) is 0 Å². The van der Waals surface area contributed by atoms with Gasteiger partial charge in [0.2, 0.25) is 0 Å². The molecule has 0 unspecified atom stereocenters. The maximum Gasteiger partial charge on any atom is 0.167 e. The maximum absolute atomic E-state index is 6.84. The molecule has 0 saturated carbocycles. The summed E-state index contributed by atoms with van der Waals surface area (Å²) < 4.78 is 9.27. The monoisotopic (exact) mass is 688 g/mol. The number of nitrogens with zero attached hydrogens (tertiary/aromatic N) is 4. The van der Waals surface area contributed by atoms with Crippen LogP contribution in [-0.2, 0) is 0 Å². The fourth-order valence-electron chi connectivity index (χ4n) is 8.69. The summed E-state index contributed by atoms with van der Waals surface area (Å²) in [5.41, 5.74) is 7.57. The fourth-order valence-corrected chi connectivity index (χ4v) is 8.69. The van der Waals surface area contributed by atoms with Gasteiger partial charge in [0.05, 0.1) is 27.7 Å². The van der Waals surface area contributed by atoms with Gasteiger partial charge in [-0.25, -0.2) is 15.0 Å². The van der Waals surface area contributed by atoms with E-state index in [0.29, 0.717) is 17.5 Å². The van der Waals surface area contributed by atoms with E-state index in [4.69, 9.17) is 19.4 Å². The third-order valence-corrected chi connectivity index (χ3v) is 11.0. The molecule has 5 nitrogen and oxygen atoms in total. The van der Waals surface area contributed by atoms with Gasteiger partial charge < -0.3 is 8.98 Å². The zero-order chi connectivity index (χ0) is 35.3. The first-order valence-corrected chi connectivity index (χ1v) is 18.2. The molecular weight excluding hydrogens is 661 g/mol. The van der Waals surface area contributed by atoms with E-state index in [0.717, 1.165) is 55.3 Å². The molecule has 0 aliphatic rings. The SMILES string of the molecule is c1ccc(-c2nc(-c3ccccc3)nc(-c3ccc(-n4c5cccc6c7ccc8ccccc8c7c7cccc4c7c65)c4c3oc3ccccc34)n2)cc1. The molecule has 12 aromatic rings. The minimum atomic E-state index is 0.561. The molecule has 3 heterocycles. The highest BCUT2D eigenvalue weighted by atomic mass is 16.3. The van der Waals surface area contributed by atoms with Crippen LogP contribution in [-0.4, -0.2) is 19.5 Å². The molecule has 0 bridgehead atoms. The molecule has 0 fully saturated rings. The topological polar surface area (TPSA) is 56.7 Å². The molecule has 250 valence electrons.